The first-order valence-corrected chi connectivity index (χ1v) is 7.05. The highest BCUT2D eigenvalue weighted by Crippen LogP contribution is 2.42. The van der Waals surface area contributed by atoms with Crippen LogP contribution in [-0.4, -0.2) is 0 Å². The zero-order valence-electron chi connectivity index (χ0n) is 11.9. The Morgan fingerprint density at radius 3 is 1.91 bits per heavy atom. The Morgan fingerprint density at radius 1 is 0.455 bits per heavy atom. The quantitative estimate of drug-likeness (QED) is 0.294. The molecule has 4 nitrogen and oxygen atoms in total. The fraction of sp³-hybridized carbons (Fsp3) is 0. The highest BCUT2D eigenvalue weighted by atomic mass is 14.8. The van der Waals surface area contributed by atoms with Crippen molar-refractivity contribution in [1.82, 2.24) is 0 Å². The smallest absolute Gasteiger partial charge is 0.0809 e. The van der Waals surface area contributed by atoms with Crippen LogP contribution in [0.1, 0.15) is 0 Å². The third-order valence-electron chi connectivity index (χ3n) is 4.36. The van der Waals surface area contributed by atoms with Crippen LogP contribution in [0, 0.1) is 0 Å². The fourth-order valence-corrected chi connectivity index (χ4v) is 3.17. The highest BCUT2D eigenvalue weighted by Gasteiger charge is 2.14. The Labute approximate surface area is 127 Å². The standard InChI is InChI=1S/C18H16N4/c19-15-13-8-7-11-10-4-2-1-3-9(10)5-6-12(11)14(13)16(20)18(22)17(15)21/h1-8H,19-22H2. The number of benzene rings is 4. The number of hydrogen-bond donors (Lipinski definition) is 4. The molecule has 8 N–H and O–H groups in total. The van der Waals surface area contributed by atoms with Gasteiger partial charge in [0, 0.05) is 10.8 Å². The van der Waals surface area contributed by atoms with Gasteiger partial charge in [-0.2, -0.15) is 0 Å². The molecule has 0 aromatic heterocycles. The molecule has 4 aromatic rings. The van der Waals surface area contributed by atoms with Gasteiger partial charge in [0.15, 0.2) is 0 Å². The SMILES string of the molecule is Nc1c(N)c(N)c2c(ccc3c4ccccc4ccc32)c1N. The van der Waals surface area contributed by atoms with Gasteiger partial charge in [-0.3, -0.25) is 0 Å². The monoisotopic (exact) mass is 288 g/mol. The van der Waals surface area contributed by atoms with Crippen molar-refractivity contribution in [2.45, 2.75) is 0 Å². The van der Waals surface area contributed by atoms with Crippen LogP contribution in [0.15, 0.2) is 48.5 Å². The minimum Gasteiger partial charge on any atom is -0.396 e. The maximum atomic E-state index is 6.24. The summed E-state index contributed by atoms with van der Waals surface area (Å²) in [5.41, 5.74) is 26.0. The van der Waals surface area contributed by atoms with Crippen molar-refractivity contribution < 1.29 is 0 Å². The Morgan fingerprint density at radius 2 is 1.09 bits per heavy atom. The van der Waals surface area contributed by atoms with Crippen LogP contribution >= 0.6 is 0 Å². The highest BCUT2D eigenvalue weighted by molar-refractivity contribution is 6.25. The molecule has 0 saturated heterocycles. The molecule has 0 aliphatic carbocycles. The molecule has 0 saturated carbocycles. The summed E-state index contributed by atoms with van der Waals surface area (Å²) in [5, 5.41) is 6.23. The molecule has 4 aromatic carbocycles. The second-order valence-corrected chi connectivity index (χ2v) is 5.52. The molecule has 22 heavy (non-hydrogen) atoms. The molecule has 4 rings (SSSR count). The number of nitrogen functional groups attached to an aromatic ring is 4. The van der Waals surface area contributed by atoms with Gasteiger partial charge in [-0.25, -0.2) is 0 Å². The summed E-state index contributed by atoms with van der Waals surface area (Å²) in [7, 11) is 0. The van der Waals surface area contributed by atoms with Crippen molar-refractivity contribution in [3.8, 4) is 0 Å². The second kappa shape index (κ2) is 4.18. The normalized spacial score (nSPS) is 11.5. The number of fused-ring (bicyclic) bond motifs is 5. The molecule has 0 aliphatic heterocycles. The number of nitrogens with two attached hydrogens (primary N) is 4. The van der Waals surface area contributed by atoms with Gasteiger partial charge in [-0.05, 0) is 21.5 Å². The molecule has 0 aliphatic rings. The predicted molar refractivity (Wildman–Crippen MR) is 96.6 cm³/mol. The zero-order valence-corrected chi connectivity index (χ0v) is 11.9. The molecule has 108 valence electrons. The first kappa shape index (κ1) is 12.6. The summed E-state index contributed by atoms with van der Waals surface area (Å²) >= 11 is 0. The lowest BCUT2D eigenvalue weighted by Crippen LogP contribution is -2.05. The molecule has 0 bridgehead atoms. The van der Waals surface area contributed by atoms with E-state index < -0.39 is 0 Å². The average molecular weight is 288 g/mol. The number of rotatable bonds is 0. The fourth-order valence-electron chi connectivity index (χ4n) is 3.17. The maximum Gasteiger partial charge on any atom is 0.0809 e. The minimum absolute atomic E-state index is 0.352. The topological polar surface area (TPSA) is 104 Å². The lowest BCUT2D eigenvalue weighted by Gasteiger charge is -2.15. The van der Waals surface area contributed by atoms with Crippen LogP contribution in [0.4, 0.5) is 22.7 Å². The van der Waals surface area contributed by atoms with Crippen molar-refractivity contribution in [3.63, 3.8) is 0 Å². The van der Waals surface area contributed by atoms with Crippen LogP contribution in [0.2, 0.25) is 0 Å². The van der Waals surface area contributed by atoms with Crippen molar-refractivity contribution in [2.24, 2.45) is 0 Å². The first-order chi connectivity index (χ1) is 10.6. The van der Waals surface area contributed by atoms with Crippen LogP contribution in [-0.2, 0) is 0 Å². The van der Waals surface area contributed by atoms with Gasteiger partial charge in [-0.1, -0.05) is 48.5 Å². The van der Waals surface area contributed by atoms with E-state index in [1.165, 1.54) is 10.8 Å². The van der Waals surface area contributed by atoms with Gasteiger partial charge < -0.3 is 22.9 Å². The van der Waals surface area contributed by atoms with E-state index in [1.807, 2.05) is 18.2 Å². The Bertz CT molecular complexity index is 1070. The summed E-state index contributed by atoms with van der Waals surface area (Å²) in [6.07, 6.45) is 0. The third kappa shape index (κ3) is 1.46. The minimum atomic E-state index is 0.352. The summed E-state index contributed by atoms with van der Waals surface area (Å²) < 4.78 is 0. The average Bonchev–Trinajstić information content (AvgIpc) is 2.56. The van der Waals surface area contributed by atoms with E-state index in [4.69, 9.17) is 22.9 Å². The van der Waals surface area contributed by atoms with Crippen molar-refractivity contribution in [3.05, 3.63) is 48.5 Å². The third-order valence-corrected chi connectivity index (χ3v) is 4.36. The number of hydrogen-bond acceptors (Lipinski definition) is 4. The molecule has 0 heterocycles. The second-order valence-electron chi connectivity index (χ2n) is 5.52. The summed E-state index contributed by atoms with van der Waals surface area (Å²) in [6.45, 7) is 0. The van der Waals surface area contributed by atoms with E-state index in [-0.39, 0.29) is 0 Å². The van der Waals surface area contributed by atoms with Gasteiger partial charge in [0.25, 0.3) is 0 Å². The van der Waals surface area contributed by atoms with E-state index in [0.29, 0.717) is 22.7 Å². The van der Waals surface area contributed by atoms with Gasteiger partial charge in [0.1, 0.15) is 0 Å². The van der Waals surface area contributed by atoms with Crippen LogP contribution in [0.5, 0.6) is 0 Å². The Hall–Kier alpha value is -3.14. The molecular weight excluding hydrogens is 272 g/mol. The van der Waals surface area contributed by atoms with Crippen LogP contribution < -0.4 is 22.9 Å². The van der Waals surface area contributed by atoms with E-state index >= 15 is 0 Å². The van der Waals surface area contributed by atoms with Crippen molar-refractivity contribution in [1.29, 1.82) is 0 Å². The molecule has 0 atom stereocenters. The van der Waals surface area contributed by atoms with Crippen molar-refractivity contribution >= 4 is 55.1 Å². The predicted octanol–water partition coefficient (Wildman–Crippen LogP) is 3.48. The lowest BCUT2D eigenvalue weighted by molar-refractivity contribution is 1.69. The van der Waals surface area contributed by atoms with E-state index in [0.717, 1.165) is 21.5 Å². The Balaban J connectivity index is 2.32. The molecular formula is C18H16N4. The van der Waals surface area contributed by atoms with Crippen LogP contribution in [0.25, 0.3) is 32.3 Å². The zero-order chi connectivity index (χ0) is 15.4. The van der Waals surface area contributed by atoms with Crippen molar-refractivity contribution in [2.75, 3.05) is 22.9 Å². The largest absolute Gasteiger partial charge is 0.396 e. The lowest BCUT2D eigenvalue weighted by atomic mass is 9.94. The Kier molecular flexibility index (Phi) is 2.39. The molecule has 4 heteroatoms. The number of anilines is 4. The first-order valence-electron chi connectivity index (χ1n) is 7.05. The van der Waals surface area contributed by atoms with Gasteiger partial charge in [0.05, 0.1) is 22.7 Å². The molecule has 0 spiro atoms. The summed E-state index contributed by atoms with van der Waals surface area (Å²) in [5.74, 6) is 0. The van der Waals surface area contributed by atoms with Gasteiger partial charge in [-0.15, -0.1) is 0 Å². The molecule has 0 amide bonds. The molecule has 0 unspecified atom stereocenters. The molecule has 0 radical (unpaired) electrons. The van der Waals surface area contributed by atoms with E-state index in [1.54, 1.807) is 0 Å². The maximum absolute atomic E-state index is 6.24. The van der Waals surface area contributed by atoms with Gasteiger partial charge >= 0.3 is 0 Å². The summed E-state index contributed by atoms with van der Waals surface area (Å²) in [6, 6.07) is 16.4. The van der Waals surface area contributed by atoms with Crippen LogP contribution in [0.3, 0.4) is 0 Å². The summed E-state index contributed by atoms with van der Waals surface area (Å²) in [4.78, 5) is 0. The molecule has 0 fully saturated rings. The van der Waals surface area contributed by atoms with Gasteiger partial charge in [0.2, 0.25) is 0 Å². The van der Waals surface area contributed by atoms with E-state index in [9.17, 15) is 0 Å². The van der Waals surface area contributed by atoms with E-state index in [2.05, 4.69) is 30.3 Å².